The van der Waals surface area contributed by atoms with Crippen LogP contribution in [0.15, 0.2) is 53.3 Å². The molecule has 21 heavy (non-hydrogen) atoms. The summed E-state index contributed by atoms with van der Waals surface area (Å²) < 4.78 is 11.1. The van der Waals surface area contributed by atoms with E-state index in [0.29, 0.717) is 11.7 Å². The fraction of sp³-hybridized carbons (Fsp3) is 0.188. The number of nitrogens with zero attached hydrogens (tertiary/aromatic N) is 3. The highest BCUT2D eigenvalue weighted by Gasteiger charge is 2.16. The first-order valence-electron chi connectivity index (χ1n) is 6.70. The van der Waals surface area contributed by atoms with Crippen molar-refractivity contribution in [1.29, 1.82) is 0 Å². The second-order valence-electron chi connectivity index (χ2n) is 4.77. The molecule has 0 aliphatic carbocycles. The van der Waals surface area contributed by atoms with Crippen LogP contribution < -0.4 is 4.74 Å². The summed E-state index contributed by atoms with van der Waals surface area (Å²) >= 11 is 0. The third-order valence-electron chi connectivity index (χ3n) is 3.01. The molecule has 1 atom stereocenters. The first-order chi connectivity index (χ1) is 10.2. The zero-order valence-electron chi connectivity index (χ0n) is 11.9. The molecule has 0 saturated heterocycles. The second kappa shape index (κ2) is 5.75. The van der Waals surface area contributed by atoms with Gasteiger partial charge in [0.05, 0.1) is 0 Å². The van der Waals surface area contributed by atoms with Gasteiger partial charge in [-0.25, -0.2) is 0 Å². The molecule has 0 aliphatic rings. The molecule has 106 valence electrons. The Hall–Kier alpha value is -2.69. The van der Waals surface area contributed by atoms with Gasteiger partial charge in [-0.05, 0) is 43.7 Å². The second-order valence-corrected chi connectivity index (χ2v) is 4.77. The summed E-state index contributed by atoms with van der Waals surface area (Å²) in [6.45, 7) is 3.90. The fourth-order valence-electron chi connectivity index (χ4n) is 1.96. The Bertz CT molecular complexity index is 725. The highest BCUT2D eigenvalue weighted by Crippen LogP contribution is 2.23. The van der Waals surface area contributed by atoms with Gasteiger partial charge in [-0.1, -0.05) is 17.3 Å². The monoisotopic (exact) mass is 281 g/mol. The van der Waals surface area contributed by atoms with E-state index in [9.17, 15) is 0 Å². The summed E-state index contributed by atoms with van der Waals surface area (Å²) in [5, 5.41) is 3.96. The third-order valence-corrected chi connectivity index (χ3v) is 3.01. The van der Waals surface area contributed by atoms with Gasteiger partial charge in [-0.3, -0.25) is 4.98 Å². The van der Waals surface area contributed by atoms with Gasteiger partial charge in [0.25, 0.3) is 5.89 Å². The van der Waals surface area contributed by atoms with Gasteiger partial charge >= 0.3 is 0 Å². The lowest BCUT2D eigenvalue weighted by Crippen LogP contribution is -2.03. The smallest absolute Gasteiger partial charge is 0.267 e. The van der Waals surface area contributed by atoms with Crippen LogP contribution in [0.2, 0.25) is 0 Å². The van der Waals surface area contributed by atoms with Crippen LogP contribution in [0.1, 0.15) is 24.5 Å². The number of aromatic nitrogens is 3. The maximum absolute atomic E-state index is 5.82. The van der Waals surface area contributed by atoms with Crippen molar-refractivity contribution < 1.29 is 9.26 Å². The minimum atomic E-state index is -0.315. The highest BCUT2D eigenvalue weighted by molar-refractivity contribution is 5.51. The maximum atomic E-state index is 5.82. The SMILES string of the molecule is Cc1cccc(O[C@@H](C)c2nc(-c3cccnc3)no2)c1. The zero-order valence-corrected chi connectivity index (χ0v) is 11.9. The lowest BCUT2D eigenvalue weighted by atomic mass is 10.2. The Morgan fingerprint density at radius 3 is 2.86 bits per heavy atom. The molecule has 0 radical (unpaired) electrons. The predicted molar refractivity (Wildman–Crippen MR) is 77.8 cm³/mol. The van der Waals surface area contributed by atoms with Gasteiger partial charge in [0, 0.05) is 18.0 Å². The van der Waals surface area contributed by atoms with Crippen LogP contribution >= 0.6 is 0 Å². The van der Waals surface area contributed by atoms with Crippen molar-refractivity contribution in [2.75, 3.05) is 0 Å². The van der Waals surface area contributed by atoms with Gasteiger partial charge in [-0.15, -0.1) is 0 Å². The molecule has 0 N–H and O–H groups in total. The summed E-state index contributed by atoms with van der Waals surface area (Å²) in [6, 6.07) is 11.6. The van der Waals surface area contributed by atoms with Gasteiger partial charge < -0.3 is 9.26 Å². The molecule has 0 bridgehead atoms. The number of aryl methyl sites for hydroxylation is 1. The van der Waals surface area contributed by atoms with E-state index in [1.807, 2.05) is 50.2 Å². The molecule has 5 heteroatoms. The van der Waals surface area contributed by atoms with Crippen molar-refractivity contribution in [1.82, 2.24) is 15.1 Å². The number of rotatable bonds is 4. The number of ether oxygens (including phenoxy) is 1. The average Bonchev–Trinajstić information content (AvgIpc) is 2.98. The van der Waals surface area contributed by atoms with Crippen molar-refractivity contribution >= 4 is 0 Å². The van der Waals surface area contributed by atoms with Crippen LogP contribution in [-0.4, -0.2) is 15.1 Å². The summed E-state index contributed by atoms with van der Waals surface area (Å²) in [7, 11) is 0. The van der Waals surface area contributed by atoms with Gasteiger partial charge in [0.1, 0.15) is 5.75 Å². The Kier molecular flexibility index (Phi) is 3.64. The van der Waals surface area contributed by atoms with Crippen LogP contribution in [-0.2, 0) is 0 Å². The number of benzene rings is 1. The quantitative estimate of drug-likeness (QED) is 0.731. The van der Waals surface area contributed by atoms with E-state index in [0.717, 1.165) is 16.9 Å². The van der Waals surface area contributed by atoms with Crippen LogP contribution in [0.3, 0.4) is 0 Å². The summed E-state index contributed by atoms with van der Waals surface area (Å²) in [6.07, 6.45) is 3.08. The molecule has 0 saturated carbocycles. The molecular formula is C16H15N3O2. The molecule has 1 aromatic carbocycles. The van der Waals surface area contributed by atoms with Crippen molar-refractivity contribution in [3.63, 3.8) is 0 Å². The number of hydrogen-bond acceptors (Lipinski definition) is 5. The fourth-order valence-corrected chi connectivity index (χ4v) is 1.96. The standard InChI is InChI=1S/C16H15N3O2/c1-11-5-3-7-14(9-11)20-12(2)16-18-15(19-21-16)13-6-4-8-17-10-13/h3-10,12H,1-2H3/t12-/m0/s1. The van der Waals surface area contributed by atoms with Crippen molar-refractivity contribution in [2.24, 2.45) is 0 Å². The molecule has 3 rings (SSSR count). The van der Waals surface area contributed by atoms with Gasteiger partial charge in [-0.2, -0.15) is 4.98 Å². The summed E-state index contributed by atoms with van der Waals surface area (Å²) in [5.41, 5.74) is 1.96. The molecule has 0 unspecified atom stereocenters. The Morgan fingerprint density at radius 2 is 2.10 bits per heavy atom. The molecule has 0 spiro atoms. The van der Waals surface area contributed by atoms with Crippen LogP contribution in [0.25, 0.3) is 11.4 Å². The van der Waals surface area contributed by atoms with Gasteiger partial charge in [0.2, 0.25) is 5.82 Å². The van der Waals surface area contributed by atoms with E-state index in [1.54, 1.807) is 12.4 Å². The number of hydrogen-bond donors (Lipinski definition) is 0. The molecule has 2 aromatic heterocycles. The van der Waals surface area contributed by atoms with Crippen LogP contribution in [0.5, 0.6) is 5.75 Å². The van der Waals surface area contributed by atoms with Crippen LogP contribution in [0.4, 0.5) is 0 Å². The first-order valence-corrected chi connectivity index (χ1v) is 6.70. The lowest BCUT2D eigenvalue weighted by Gasteiger charge is -2.10. The van der Waals surface area contributed by atoms with E-state index in [4.69, 9.17) is 9.26 Å². The van der Waals surface area contributed by atoms with E-state index >= 15 is 0 Å². The molecule has 2 heterocycles. The molecule has 3 aromatic rings. The third kappa shape index (κ3) is 3.08. The highest BCUT2D eigenvalue weighted by atomic mass is 16.5. The van der Waals surface area contributed by atoms with E-state index in [1.165, 1.54) is 0 Å². The Balaban J connectivity index is 1.77. The zero-order chi connectivity index (χ0) is 14.7. The molecular weight excluding hydrogens is 266 g/mol. The lowest BCUT2D eigenvalue weighted by molar-refractivity contribution is 0.175. The first kappa shape index (κ1) is 13.3. The molecule has 0 aliphatic heterocycles. The van der Waals surface area contributed by atoms with E-state index < -0.39 is 0 Å². The van der Waals surface area contributed by atoms with Gasteiger partial charge in [0.15, 0.2) is 6.10 Å². The molecule has 0 fully saturated rings. The minimum Gasteiger partial charge on any atom is -0.481 e. The minimum absolute atomic E-state index is 0.315. The Labute approximate surface area is 122 Å². The van der Waals surface area contributed by atoms with Crippen LogP contribution in [0, 0.1) is 6.92 Å². The largest absolute Gasteiger partial charge is 0.481 e. The maximum Gasteiger partial charge on any atom is 0.267 e. The Morgan fingerprint density at radius 1 is 1.19 bits per heavy atom. The van der Waals surface area contributed by atoms with E-state index in [2.05, 4.69) is 15.1 Å². The number of pyridine rings is 1. The van der Waals surface area contributed by atoms with Crippen molar-refractivity contribution in [3.05, 3.63) is 60.2 Å². The molecule has 5 nitrogen and oxygen atoms in total. The van der Waals surface area contributed by atoms with E-state index in [-0.39, 0.29) is 6.10 Å². The predicted octanol–water partition coefficient (Wildman–Crippen LogP) is 3.58. The normalized spacial score (nSPS) is 12.1. The summed E-state index contributed by atoms with van der Waals surface area (Å²) in [5.74, 6) is 1.73. The van der Waals surface area contributed by atoms with Crippen molar-refractivity contribution in [2.45, 2.75) is 20.0 Å². The average molecular weight is 281 g/mol. The topological polar surface area (TPSA) is 61.0 Å². The molecule has 0 amide bonds. The summed E-state index contributed by atoms with van der Waals surface area (Å²) in [4.78, 5) is 8.40. The van der Waals surface area contributed by atoms with Crippen molar-refractivity contribution in [3.8, 4) is 17.1 Å².